The summed E-state index contributed by atoms with van der Waals surface area (Å²) in [5.41, 5.74) is 5.78. The SMILES string of the molecule is C=CCC(N)c1nc(C(C)OCC)no1. The molecule has 1 heterocycles. The maximum absolute atomic E-state index is 5.78. The summed E-state index contributed by atoms with van der Waals surface area (Å²) in [5.74, 6) is 0.961. The third kappa shape index (κ3) is 3.14. The Morgan fingerprint density at radius 2 is 2.40 bits per heavy atom. The highest BCUT2D eigenvalue weighted by molar-refractivity contribution is 4.96. The lowest BCUT2D eigenvalue weighted by Gasteiger charge is -2.05. The molecule has 0 aliphatic heterocycles. The van der Waals surface area contributed by atoms with Crippen molar-refractivity contribution in [2.24, 2.45) is 5.73 Å². The lowest BCUT2D eigenvalue weighted by atomic mass is 10.2. The number of hydrogen-bond donors (Lipinski definition) is 1. The molecule has 0 spiro atoms. The highest BCUT2D eigenvalue weighted by atomic mass is 16.5. The molecule has 2 unspecified atom stereocenters. The van der Waals surface area contributed by atoms with Crippen molar-refractivity contribution in [1.29, 1.82) is 0 Å². The molecule has 0 aliphatic carbocycles. The lowest BCUT2D eigenvalue weighted by Crippen LogP contribution is -2.10. The van der Waals surface area contributed by atoms with E-state index in [0.717, 1.165) is 0 Å². The third-order valence-corrected chi connectivity index (χ3v) is 1.98. The summed E-state index contributed by atoms with van der Waals surface area (Å²) in [4.78, 5) is 4.17. The third-order valence-electron chi connectivity index (χ3n) is 1.98. The standard InChI is InChI=1S/C10H17N3O2/c1-4-6-8(11)10-12-9(13-15-10)7(3)14-5-2/h4,7-8H,1,5-6,11H2,2-3H3. The number of nitrogens with two attached hydrogens (primary N) is 1. The van der Waals surface area contributed by atoms with Gasteiger partial charge in [-0.15, -0.1) is 6.58 Å². The predicted molar refractivity (Wildman–Crippen MR) is 56.1 cm³/mol. The van der Waals surface area contributed by atoms with Gasteiger partial charge in [-0.25, -0.2) is 0 Å². The minimum absolute atomic E-state index is 0.163. The second-order valence-corrected chi connectivity index (χ2v) is 3.22. The van der Waals surface area contributed by atoms with Gasteiger partial charge in [0, 0.05) is 6.61 Å². The van der Waals surface area contributed by atoms with E-state index in [2.05, 4.69) is 16.7 Å². The van der Waals surface area contributed by atoms with E-state index >= 15 is 0 Å². The highest BCUT2D eigenvalue weighted by Gasteiger charge is 2.17. The van der Waals surface area contributed by atoms with Crippen molar-refractivity contribution in [2.75, 3.05) is 6.61 Å². The molecule has 0 saturated carbocycles. The smallest absolute Gasteiger partial charge is 0.243 e. The van der Waals surface area contributed by atoms with Gasteiger partial charge in [0.25, 0.3) is 0 Å². The Morgan fingerprint density at radius 3 is 3.00 bits per heavy atom. The summed E-state index contributed by atoms with van der Waals surface area (Å²) in [6.45, 7) is 8.01. The summed E-state index contributed by atoms with van der Waals surface area (Å²) < 4.78 is 10.4. The Bertz CT molecular complexity index is 311. The summed E-state index contributed by atoms with van der Waals surface area (Å²) in [6, 6.07) is -0.280. The Labute approximate surface area is 89.3 Å². The van der Waals surface area contributed by atoms with Crippen molar-refractivity contribution in [3.05, 3.63) is 24.4 Å². The molecule has 5 nitrogen and oxygen atoms in total. The summed E-state index contributed by atoms with van der Waals surface area (Å²) in [7, 11) is 0. The van der Waals surface area contributed by atoms with Gasteiger partial charge in [-0.3, -0.25) is 0 Å². The van der Waals surface area contributed by atoms with Gasteiger partial charge in [-0.05, 0) is 20.3 Å². The second-order valence-electron chi connectivity index (χ2n) is 3.22. The molecule has 0 aromatic carbocycles. The fraction of sp³-hybridized carbons (Fsp3) is 0.600. The van der Waals surface area contributed by atoms with E-state index in [4.69, 9.17) is 15.0 Å². The molecule has 5 heteroatoms. The van der Waals surface area contributed by atoms with Crippen molar-refractivity contribution < 1.29 is 9.26 Å². The van der Waals surface area contributed by atoms with Gasteiger partial charge >= 0.3 is 0 Å². The molecule has 0 saturated heterocycles. The Balaban J connectivity index is 2.66. The monoisotopic (exact) mass is 211 g/mol. The molecule has 2 atom stereocenters. The molecule has 0 fully saturated rings. The van der Waals surface area contributed by atoms with Crippen LogP contribution in [0.2, 0.25) is 0 Å². The van der Waals surface area contributed by atoms with Crippen LogP contribution in [0.1, 0.15) is 44.1 Å². The maximum atomic E-state index is 5.78. The van der Waals surface area contributed by atoms with Crippen LogP contribution in [0, 0.1) is 0 Å². The summed E-state index contributed by atoms with van der Waals surface area (Å²) in [6.07, 6.45) is 2.17. The number of ether oxygens (including phenoxy) is 1. The molecular weight excluding hydrogens is 194 g/mol. The fourth-order valence-corrected chi connectivity index (χ4v) is 1.17. The lowest BCUT2D eigenvalue weighted by molar-refractivity contribution is 0.0683. The first-order valence-electron chi connectivity index (χ1n) is 5.00. The van der Waals surface area contributed by atoms with Gasteiger partial charge in [-0.2, -0.15) is 4.98 Å². The molecule has 0 aliphatic rings. The summed E-state index contributed by atoms with van der Waals surface area (Å²) in [5, 5.41) is 3.81. The maximum Gasteiger partial charge on any atom is 0.243 e. The van der Waals surface area contributed by atoms with Crippen LogP contribution in [0.25, 0.3) is 0 Å². The van der Waals surface area contributed by atoms with Crippen LogP contribution in [-0.2, 0) is 4.74 Å². The number of aromatic nitrogens is 2. The average molecular weight is 211 g/mol. The van der Waals surface area contributed by atoms with Crippen molar-refractivity contribution in [1.82, 2.24) is 10.1 Å². The van der Waals surface area contributed by atoms with E-state index in [-0.39, 0.29) is 12.1 Å². The Morgan fingerprint density at radius 1 is 1.67 bits per heavy atom. The first-order chi connectivity index (χ1) is 7.19. The first-order valence-corrected chi connectivity index (χ1v) is 5.00. The van der Waals surface area contributed by atoms with E-state index < -0.39 is 0 Å². The Hall–Kier alpha value is -1.20. The van der Waals surface area contributed by atoms with Crippen LogP contribution in [0.5, 0.6) is 0 Å². The van der Waals surface area contributed by atoms with Crippen LogP contribution >= 0.6 is 0 Å². The van der Waals surface area contributed by atoms with Gasteiger partial charge in [0.1, 0.15) is 6.10 Å². The second kappa shape index (κ2) is 5.63. The van der Waals surface area contributed by atoms with E-state index in [1.807, 2.05) is 13.8 Å². The van der Waals surface area contributed by atoms with Crippen molar-refractivity contribution >= 4 is 0 Å². The van der Waals surface area contributed by atoms with Crippen LogP contribution in [-0.4, -0.2) is 16.7 Å². The van der Waals surface area contributed by atoms with Gasteiger partial charge in [0.15, 0.2) is 5.82 Å². The zero-order valence-corrected chi connectivity index (χ0v) is 9.14. The van der Waals surface area contributed by atoms with E-state index in [9.17, 15) is 0 Å². The topological polar surface area (TPSA) is 74.2 Å². The van der Waals surface area contributed by atoms with Crippen molar-refractivity contribution in [2.45, 2.75) is 32.4 Å². The molecule has 1 rings (SSSR count). The molecule has 0 amide bonds. The quantitative estimate of drug-likeness (QED) is 0.725. The fourth-order valence-electron chi connectivity index (χ4n) is 1.17. The normalized spacial score (nSPS) is 14.9. The number of rotatable bonds is 6. The summed E-state index contributed by atoms with van der Waals surface area (Å²) >= 11 is 0. The van der Waals surface area contributed by atoms with Gasteiger partial charge in [-0.1, -0.05) is 11.2 Å². The molecule has 2 N–H and O–H groups in total. The average Bonchev–Trinajstić information content (AvgIpc) is 2.67. The minimum atomic E-state index is -0.280. The van der Waals surface area contributed by atoms with E-state index in [1.165, 1.54) is 0 Å². The zero-order valence-electron chi connectivity index (χ0n) is 9.14. The molecule has 84 valence electrons. The Kier molecular flexibility index (Phi) is 4.45. The number of hydrogen-bond acceptors (Lipinski definition) is 5. The minimum Gasteiger partial charge on any atom is -0.371 e. The largest absolute Gasteiger partial charge is 0.371 e. The van der Waals surface area contributed by atoms with Crippen LogP contribution in [0.3, 0.4) is 0 Å². The molecule has 0 radical (unpaired) electrons. The van der Waals surface area contributed by atoms with E-state index in [0.29, 0.717) is 24.7 Å². The molecule has 1 aromatic heterocycles. The molecule has 15 heavy (non-hydrogen) atoms. The number of nitrogens with zero attached hydrogens (tertiary/aromatic N) is 2. The van der Waals surface area contributed by atoms with Crippen LogP contribution < -0.4 is 5.73 Å². The van der Waals surface area contributed by atoms with Crippen LogP contribution in [0.15, 0.2) is 17.2 Å². The molecular formula is C10H17N3O2. The van der Waals surface area contributed by atoms with Gasteiger partial charge in [0.2, 0.25) is 5.89 Å². The van der Waals surface area contributed by atoms with Crippen molar-refractivity contribution in [3.63, 3.8) is 0 Å². The first kappa shape index (κ1) is 11.9. The van der Waals surface area contributed by atoms with Crippen molar-refractivity contribution in [3.8, 4) is 0 Å². The molecule has 0 bridgehead atoms. The van der Waals surface area contributed by atoms with E-state index in [1.54, 1.807) is 6.08 Å². The van der Waals surface area contributed by atoms with Gasteiger partial charge in [0.05, 0.1) is 6.04 Å². The van der Waals surface area contributed by atoms with Crippen LogP contribution in [0.4, 0.5) is 0 Å². The zero-order chi connectivity index (χ0) is 11.3. The predicted octanol–water partition coefficient (Wildman–Crippen LogP) is 1.74. The molecule has 1 aromatic rings. The highest BCUT2D eigenvalue weighted by Crippen LogP contribution is 2.17. The van der Waals surface area contributed by atoms with Gasteiger partial charge < -0.3 is 15.0 Å².